The molecule has 0 aliphatic rings. The van der Waals surface area contributed by atoms with Crippen LogP contribution in [0.2, 0.25) is 0 Å². The van der Waals surface area contributed by atoms with Crippen LogP contribution in [0.4, 0.5) is 0 Å². The summed E-state index contributed by atoms with van der Waals surface area (Å²) in [6.07, 6.45) is 0. The molecule has 0 atom stereocenters. The Morgan fingerprint density at radius 1 is 0.727 bits per heavy atom. The Kier molecular flexibility index (Phi) is 4.96. The van der Waals surface area contributed by atoms with Crippen LogP contribution in [0.15, 0.2) is 78.9 Å². The second-order valence-electron chi connectivity index (χ2n) is 4.80. The lowest BCUT2D eigenvalue weighted by Gasteiger charge is -2.05. The van der Waals surface area contributed by atoms with Gasteiger partial charge in [0.25, 0.3) is 0 Å². The maximum absolute atomic E-state index is 9.26. The Bertz CT molecular complexity index is 707. The van der Waals surface area contributed by atoms with Crippen molar-refractivity contribution >= 4 is 0 Å². The molecule has 3 aromatic carbocycles. The Balaban J connectivity index is 1.58. The van der Waals surface area contributed by atoms with Gasteiger partial charge in [0.05, 0.1) is 0 Å². The van der Waals surface area contributed by atoms with E-state index in [0.29, 0.717) is 6.61 Å². The van der Waals surface area contributed by atoms with Gasteiger partial charge in [-0.2, -0.15) is 0 Å². The first-order valence-electron chi connectivity index (χ1n) is 7.00. The Morgan fingerprint density at radius 2 is 1.36 bits per heavy atom. The molecule has 0 bridgehead atoms. The summed E-state index contributed by atoms with van der Waals surface area (Å²) in [5.41, 5.74) is 1.04. The molecule has 110 valence electrons. The van der Waals surface area contributed by atoms with Gasteiger partial charge in [-0.1, -0.05) is 30.3 Å². The van der Waals surface area contributed by atoms with E-state index in [2.05, 4.69) is 36.4 Å². The number of rotatable bonds is 5. The molecular weight excluding hydrogens is 387 g/mol. The van der Waals surface area contributed by atoms with E-state index < -0.39 is 0 Å². The maximum Gasteiger partial charge on any atom is 0.357 e. The van der Waals surface area contributed by atoms with Crippen LogP contribution in [0, 0.1) is 7.14 Å². The third-order valence-electron chi connectivity index (χ3n) is 3.11. The third kappa shape index (κ3) is 4.24. The summed E-state index contributed by atoms with van der Waals surface area (Å²) < 4.78 is 8.56. The zero-order valence-corrected chi connectivity index (χ0v) is 14.1. The summed E-state index contributed by atoms with van der Waals surface area (Å²) in [4.78, 5) is 0. The molecule has 0 aliphatic heterocycles. The van der Waals surface area contributed by atoms with Crippen LogP contribution in [0.25, 0.3) is 0 Å². The van der Waals surface area contributed by atoms with Crippen molar-refractivity contribution in [2.24, 2.45) is 0 Å². The van der Waals surface area contributed by atoms with Crippen LogP contribution >= 0.6 is 0 Å². The second kappa shape index (κ2) is 7.31. The highest BCUT2D eigenvalue weighted by Gasteiger charge is 2.14. The highest BCUT2D eigenvalue weighted by molar-refractivity contribution is 5.26. The van der Waals surface area contributed by atoms with Gasteiger partial charge in [-0.15, -0.1) is 0 Å². The van der Waals surface area contributed by atoms with Gasteiger partial charge >= 0.3 is 21.2 Å². The molecule has 0 aliphatic carbocycles. The number of phenols is 1. The van der Waals surface area contributed by atoms with E-state index in [4.69, 9.17) is 4.74 Å². The monoisotopic (exact) mass is 403 g/mol. The van der Waals surface area contributed by atoms with E-state index in [0.717, 1.165) is 11.3 Å². The lowest BCUT2D eigenvalue weighted by Crippen LogP contribution is -3.61. The molecule has 0 unspecified atom stereocenters. The van der Waals surface area contributed by atoms with Crippen LogP contribution < -0.4 is 25.9 Å². The third-order valence-corrected chi connectivity index (χ3v) is 5.79. The number of halogens is 1. The van der Waals surface area contributed by atoms with Crippen LogP contribution in [-0.2, 0) is 6.61 Å². The van der Waals surface area contributed by atoms with E-state index >= 15 is 0 Å². The van der Waals surface area contributed by atoms with E-state index in [-0.39, 0.29) is 27.0 Å². The molecule has 0 saturated carbocycles. The van der Waals surface area contributed by atoms with Gasteiger partial charge in [0.2, 0.25) is 0 Å². The molecule has 0 aromatic heterocycles. The van der Waals surface area contributed by atoms with Gasteiger partial charge < -0.3 is 9.84 Å². The summed E-state index contributed by atoms with van der Waals surface area (Å²) >= 11 is -0.126. The number of hydrogen-bond acceptors (Lipinski definition) is 2. The van der Waals surface area contributed by atoms with Crippen LogP contribution in [0.1, 0.15) is 5.56 Å². The van der Waals surface area contributed by atoms with Crippen molar-refractivity contribution in [2.45, 2.75) is 6.61 Å². The van der Waals surface area contributed by atoms with Gasteiger partial charge in [0, 0.05) is 0 Å². The highest BCUT2D eigenvalue weighted by atomic mass is 127. The largest absolute Gasteiger partial charge is 0.508 e. The SMILES string of the molecule is Oc1ccc(COc2ccc([I+]c3ccccc3)cc2)cc1. The molecule has 0 fully saturated rings. The molecule has 22 heavy (non-hydrogen) atoms. The summed E-state index contributed by atoms with van der Waals surface area (Å²) in [6, 6.07) is 26.0. The minimum Gasteiger partial charge on any atom is -0.508 e. The molecule has 0 spiro atoms. The first-order chi connectivity index (χ1) is 10.8. The fourth-order valence-electron chi connectivity index (χ4n) is 1.96. The van der Waals surface area contributed by atoms with Crippen LogP contribution in [0.3, 0.4) is 0 Å². The van der Waals surface area contributed by atoms with Gasteiger partial charge in [-0.05, 0) is 54.1 Å². The smallest absolute Gasteiger partial charge is 0.357 e. The molecule has 0 radical (unpaired) electrons. The molecule has 3 heteroatoms. The maximum atomic E-state index is 9.26. The predicted molar refractivity (Wildman–Crippen MR) is 82.7 cm³/mol. The van der Waals surface area contributed by atoms with Crippen LogP contribution in [0.5, 0.6) is 11.5 Å². The minimum absolute atomic E-state index is 0.126. The lowest BCUT2D eigenvalue weighted by molar-refractivity contribution is -0.597. The predicted octanol–water partition coefficient (Wildman–Crippen LogP) is 1.10. The first kappa shape index (κ1) is 14.9. The zero-order chi connectivity index (χ0) is 15.2. The average molecular weight is 403 g/mol. The molecular formula is C19H16IO2+. The van der Waals surface area contributed by atoms with E-state index in [1.807, 2.05) is 30.3 Å². The van der Waals surface area contributed by atoms with Crippen molar-refractivity contribution in [1.29, 1.82) is 0 Å². The Morgan fingerprint density at radius 3 is 2.05 bits per heavy atom. The molecule has 3 aromatic rings. The van der Waals surface area contributed by atoms with E-state index in [1.165, 1.54) is 7.14 Å². The molecule has 1 N–H and O–H groups in total. The molecule has 0 amide bonds. The Hall–Kier alpha value is -2.01. The fraction of sp³-hybridized carbons (Fsp3) is 0.0526. The molecule has 0 saturated heterocycles. The zero-order valence-electron chi connectivity index (χ0n) is 11.9. The first-order valence-corrected chi connectivity index (χ1v) is 9.16. The number of phenolic OH excluding ortho intramolecular Hbond substituents is 1. The highest BCUT2D eigenvalue weighted by Crippen LogP contribution is 2.14. The standard InChI is InChI=1S/C19H15IO2/c21-18-10-6-15(7-11-18)14-22-19-12-8-17(9-13-19)20-16-4-2-1-3-5-16/h1-13H,14H2/p+1. The number of aromatic hydroxyl groups is 1. The number of ether oxygens (including phenoxy) is 1. The van der Waals surface area contributed by atoms with Crippen molar-refractivity contribution in [2.75, 3.05) is 0 Å². The van der Waals surface area contributed by atoms with Crippen molar-refractivity contribution in [3.8, 4) is 11.5 Å². The average Bonchev–Trinajstić information content (AvgIpc) is 2.57. The summed E-state index contributed by atoms with van der Waals surface area (Å²) in [6.45, 7) is 0.507. The minimum atomic E-state index is -0.126. The lowest BCUT2D eigenvalue weighted by atomic mass is 10.2. The van der Waals surface area contributed by atoms with Crippen molar-refractivity contribution in [3.63, 3.8) is 0 Å². The second-order valence-corrected chi connectivity index (χ2v) is 7.83. The summed E-state index contributed by atoms with van der Waals surface area (Å²) in [5, 5.41) is 9.26. The molecule has 0 heterocycles. The quantitative estimate of drug-likeness (QED) is 0.647. The Labute approximate surface area is 140 Å². The van der Waals surface area contributed by atoms with Crippen molar-refractivity contribution < 1.29 is 31.0 Å². The van der Waals surface area contributed by atoms with Gasteiger partial charge in [-0.25, -0.2) is 0 Å². The summed E-state index contributed by atoms with van der Waals surface area (Å²) in [7, 11) is 0. The van der Waals surface area contributed by atoms with E-state index in [9.17, 15) is 5.11 Å². The van der Waals surface area contributed by atoms with E-state index in [1.54, 1.807) is 12.1 Å². The van der Waals surface area contributed by atoms with Crippen molar-refractivity contribution in [1.82, 2.24) is 0 Å². The number of benzene rings is 3. The molecule has 2 nitrogen and oxygen atoms in total. The van der Waals surface area contributed by atoms with Crippen LogP contribution in [-0.4, -0.2) is 5.11 Å². The topological polar surface area (TPSA) is 29.5 Å². The normalized spacial score (nSPS) is 10.4. The summed E-state index contributed by atoms with van der Waals surface area (Å²) in [5.74, 6) is 1.15. The van der Waals surface area contributed by atoms with Gasteiger partial charge in [-0.3, -0.25) is 0 Å². The number of hydrogen-bond donors (Lipinski definition) is 1. The van der Waals surface area contributed by atoms with Gasteiger partial charge in [0.15, 0.2) is 7.14 Å². The molecule has 3 rings (SSSR count). The van der Waals surface area contributed by atoms with Crippen molar-refractivity contribution in [3.05, 3.63) is 91.6 Å². The van der Waals surface area contributed by atoms with Gasteiger partial charge in [0.1, 0.15) is 18.1 Å². The fourth-order valence-corrected chi connectivity index (χ4v) is 4.17.